The molecule has 2 atom stereocenters. The van der Waals surface area contributed by atoms with E-state index in [0.29, 0.717) is 25.0 Å². The number of hydrogen-bond acceptors (Lipinski definition) is 7. The van der Waals surface area contributed by atoms with Crippen LogP contribution in [0.2, 0.25) is 0 Å². The molecule has 0 aromatic heterocycles. The molecule has 7 nitrogen and oxygen atoms in total. The summed E-state index contributed by atoms with van der Waals surface area (Å²) in [5.74, 6) is 0.284. The highest BCUT2D eigenvalue weighted by Gasteiger charge is 2.42. The third-order valence-corrected chi connectivity index (χ3v) is 9.81. The molecular formula is C35H40N4O3. The van der Waals surface area contributed by atoms with Gasteiger partial charge < -0.3 is 15.2 Å². The Morgan fingerprint density at radius 1 is 0.929 bits per heavy atom. The van der Waals surface area contributed by atoms with Crippen LogP contribution in [-0.2, 0) is 9.53 Å². The molecule has 0 saturated carbocycles. The van der Waals surface area contributed by atoms with Gasteiger partial charge in [-0.25, -0.2) is 15.0 Å². The molecule has 8 bridgehead atoms. The van der Waals surface area contributed by atoms with Gasteiger partial charge >= 0.3 is 5.97 Å². The summed E-state index contributed by atoms with van der Waals surface area (Å²) in [5.41, 5.74) is 16.3. The second-order valence-corrected chi connectivity index (χ2v) is 12.0. The Hall–Kier alpha value is -4.00. The average Bonchev–Trinajstić information content (AvgIpc) is 3.72. The van der Waals surface area contributed by atoms with E-state index in [-0.39, 0.29) is 17.8 Å². The largest absolute Gasteiger partial charge is 0.511 e. The van der Waals surface area contributed by atoms with Crippen molar-refractivity contribution in [2.24, 2.45) is 26.8 Å². The maximum atomic E-state index is 12.2. The third-order valence-electron chi connectivity index (χ3n) is 9.81. The average molecular weight is 565 g/mol. The Kier molecular flexibility index (Phi) is 6.95. The SMILES string of the molecule is CCC1=C(C)C2=NC1=CC1=C(C)C3=C(O)CC(=C4NC(=C(C)C5=NC(=C2)C(CC)=C5C)[C@@H](C)[C@@H]4CCC(=O)OC)C3=N1. The number of carbonyl (C=O) groups excluding carboxylic acids is 1. The van der Waals surface area contributed by atoms with Crippen LogP contribution in [0.1, 0.15) is 80.6 Å². The second-order valence-electron chi connectivity index (χ2n) is 12.0. The van der Waals surface area contributed by atoms with Crippen LogP contribution in [0.15, 0.2) is 106 Å². The molecule has 0 radical (unpaired) electrons. The predicted octanol–water partition coefficient (Wildman–Crippen LogP) is 7.41. The lowest BCUT2D eigenvalue weighted by Gasteiger charge is -2.17. The summed E-state index contributed by atoms with van der Waals surface area (Å²) in [6, 6.07) is 0. The van der Waals surface area contributed by atoms with Crippen molar-refractivity contribution >= 4 is 23.1 Å². The number of nitrogens with one attached hydrogen (secondary N) is 1. The molecule has 0 aromatic carbocycles. The van der Waals surface area contributed by atoms with Gasteiger partial charge in [-0.15, -0.1) is 0 Å². The lowest BCUT2D eigenvalue weighted by atomic mass is 9.85. The van der Waals surface area contributed by atoms with Gasteiger partial charge in [-0.1, -0.05) is 20.8 Å². The van der Waals surface area contributed by atoms with Crippen LogP contribution >= 0.6 is 0 Å². The van der Waals surface area contributed by atoms with Crippen molar-refractivity contribution < 1.29 is 14.6 Å². The molecular weight excluding hydrogens is 524 g/mol. The number of esters is 1. The number of aliphatic hydroxyl groups is 1. The zero-order chi connectivity index (χ0) is 30.0. The molecule has 0 amide bonds. The number of carbonyl (C=O) groups is 1. The minimum atomic E-state index is -0.218. The van der Waals surface area contributed by atoms with Crippen LogP contribution in [0.25, 0.3) is 0 Å². The van der Waals surface area contributed by atoms with E-state index in [9.17, 15) is 9.90 Å². The first-order valence-corrected chi connectivity index (χ1v) is 15.1. The van der Waals surface area contributed by atoms with E-state index in [1.807, 2.05) is 6.92 Å². The third kappa shape index (κ3) is 4.16. The maximum absolute atomic E-state index is 12.2. The fourth-order valence-corrected chi connectivity index (χ4v) is 7.41. The highest BCUT2D eigenvalue weighted by molar-refractivity contribution is 6.21. The van der Waals surface area contributed by atoms with Crippen LogP contribution in [0.4, 0.5) is 0 Å². The van der Waals surface area contributed by atoms with Gasteiger partial charge in [0.15, 0.2) is 0 Å². The normalized spacial score (nSPS) is 25.0. The molecule has 7 heteroatoms. The number of methoxy groups -OCH3 is 1. The van der Waals surface area contributed by atoms with Crippen molar-refractivity contribution in [3.63, 3.8) is 0 Å². The van der Waals surface area contributed by atoms with Crippen molar-refractivity contribution in [1.82, 2.24) is 5.32 Å². The molecule has 1 saturated heterocycles. The van der Waals surface area contributed by atoms with Crippen LogP contribution < -0.4 is 5.32 Å². The Balaban J connectivity index is 1.62. The molecule has 6 aliphatic rings. The fourth-order valence-electron chi connectivity index (χ4n) is 7.41. The van der Waals surface area contributed by atoms with Crippen LogP contribution in [0.3, 0.4) is 0 Å². The highest BCUT2D eigenvalue weighted by Crippen LogP contribution is 2.47. The van der Waals surface area contributed by atoms with Crippen LogP contribution in [0, 0.1) is 11.8 Å². The molecule has 6 rings (SSSR count). The van der Waals surface area contributed by atoms with E-state index in [1.54, 1.807) is 0 Å². The van der Waals surface area contributed by atoms with Crippen molar-refractivity contribution in [3.8, 4) is 0 Å². The quantitative estimate of drug-likeness (QED) is 0.340. The molecule has 2 N–H and O–H groups in total. The van der Waals surface area contributed by atoms with E-state index in [4.69, 9.17) is 19.7 Å². The number of allylic oxidation sites excluding steroid dienone is 12. The molecule has 0 unspecified atom stereocenters. The Morgan fingerprint density at radius 3 is 2.31 bits per heavy atom. The lowest BCUT2D eigenvalue weighted by Crippen LogP contribution is -2.16. The van der Waals surface area contributed by atoms with Gasteiger partial charge in [0.25, 0.3) is 0 Å². The number of aliphatic hydroxyl groups excluding tert-OH is 1. The number of nitrogens with zero attached hydrogens (tertiary/aromatic N) is 3. The van der Waals surface area contributed by atoms with Crippen LogP contribution in [0.5, 0.6) is 0 Å². The predicted molar refractivity (Wildman–Crippen MR) is 168 cm³/mol. The Labute approximate surface area is 248 Å². The Morgan fingerprint density at radius 2 is 1.62 bits per heavy atom. The first-order valence-electron chi connectivity index (χ1n) is 15.1. The summed E-state index contributed by atoms with van der Waals surface area (Å²) < 4.78 is 5.00. The summed E-state index contributed by atoms with van der Waals surface area (Å²) in [5, 5.41) is 15.0. The summed E-state index contributed by atoms with van der Waals surface area (Å²) in [7, 11) is 1.44. The standard InChI is InChI=1S/C35H40N4O3/c1-9-21-16(3)25-14-28-22(10-2)17(4)32(38-28)20(7)33-18(5)23(11-12-30(41)42-8)34(39-33)24-13-29(40)31-19(6)26(37-35(24)31)15-27(21)36-25/h14-15,18,23,39-40H,9-13H2,1-8H3/t18-,23-/m0/s1. The summed E-state index contributed by atoms with van der Waals surface area (Å²) in [4.78, 5) is 27.7. The minimum absolute atomic E-state index is 0.0445. The van der Waals surface area contributed by atoms with Crippen molar-refractivity contribution in [2.75, 3.05) is 7.11 Å². The van der Waals surface area contributed by atoms with Gasteiger partial charge in [-0.2, -0.15) is 0 Å². The van der Waals surface area contributed by atoms with Gasteiger partial charge in [0.2, 0.25) is 0 Å². The summed E-state index contributed by atoms with van der Waals surface area (Å²) >= 11 is 0. The lowest BCUT2D eigenvalue weighted by molar-refractivity contribution is -0.140. The molecule has 5 heterocycles. The van der Waals surface area contributed by atoms with Gasteiger partial charge in [-0.05, 0) is 92.5 Å². The smallest absolute Gasteiger partial charge is 0.305 e. The van der Waals surface area contributed by atoms with Gasteiger partial charge in [0, 0.05) is 47.2 Å². The van der Waals surface area contributed by atoms with Crippen molar-refractivity contribution in [3.05, 3.63) is 91.0 Å². The minimum Gasteiger partial charge on any atom is -0.511 e. The topological polar surface area (TPSA) is 95.6 Å². The number of aliphatic imine (C=N–C) groups is 3. The zero-order valence-electron chi connectivity index (χ0n) is 26.0. The number of hydrogen-bond donors (Lipinski definition) is 2. The maximum Gasteiger partial charge on any atom is 0.305 e. The molecule has 5 aliphatic heterocycles. The van der Waals surface area contributed by atoms with Gasteiger partial charge in [-0.3, -0.25) is 4.79 Å². The molecule has 1 fully saturated rings. The number of fused-ring (bicyclic) bond motifs is 5. The number of ether oxygens (including phenoxy) is 1. The second kappa shape index (κ2) is 10.4. The van der Waals surface area contributed by atoms with Crippen LogP contribution in [-0.4, -0.2) is 35.3 Å². The van der Waals surface area contributed by atoms with Crippen molar-refractivity contribution in [2.45, 2.75) is 80.6 Å². The van der Waals surface area contributed by atoms with E-state index < -0.39 is 0 Å². The van der Waals surface area contributed by atoms with Gasteiger partial charge in [0.1, 0.15) is 5.76 Å². The first-order chi connectivity index (χ1) is 20.1. The van der Waals surface area contributed by atoms with E-state index in [1.165, 1.54) is 29.4 Å². The fraction of sp³-hybridized carbons (Fsp3) is 0.429. The summed E-state index contributed by atoms with van der Waals surface area (Å²) in [6.07, 6.45) is 7.33. The molecule has 218 valence electrons. The molecule has 0 spiro atoms. The van der Waals surface area contributed by atoms with Crippen molar-refractivity contribution in [1.29, 1.82) is 0 Å². The van der Waals surface area contributed by atoms with E-state index in [0.717, 1.165) is 80.8 Å². The number of rotatable bonds is 5. The molecule has 42 heavy (non-hydrogen) atoms. The highest BCUT2D eigenvalue weighted by atomic mass is 16.5. The molecule has 0 aromatic rings. The summed E-state index contributed by atoms with van der Waals surface area (Å²) in [6.45, 7) is 15.0. The van der Waals surface area contributed by atoms with Gasteiger partial charge in [0.05, 0.1) is 41.3 Å². The van der Waals surface area contributed by atoms with E-state index >= 15 is 0 Å². The Bertz CT molecular complexity index is 1690. The monoisotopic (exact) mass is 564 g/mol. The zero-order valence-corrected chi connectivity index (χ0v) is 26.0. The molecule has 1 aliphatic carbocycles. The first kappa shape index (κ1) is 28.1. The van der Waals surface area contributed by atoms with E-state index in [2.05, 4.69) is 59.0 Å².